The van der Waals surface area contributed by atoms with E-state index in [0.717, 1.165) is 24.2 Å². The van der Waals surface area contributed by atoms with Crippen molar-refractivity contribution < 1.29 is 28.8 Å². The lowest BCUT2D eigenvalue weighted by Gasteiger charge is -2.64. The predicted octanol–water partition coefficient (Wildman–Crippen LogP) is 3.21. The summed E-state index contributed by atoms with van der Waals surface area (Å²) in [4.78, 5) is 16.4. The van der Waals surface area contributed by atoms with Crippen LogP contribution in [0.5, 0.6) is 11.5 Å². The molecule has 2 spiro atoms. The largest absolute Gasteiger partial charge is 0.485 e. The minimum absolute atomic E-state index is 0.00722. The van der Waals surface area contributed by atoms with Crippen LogP contribution in [0.1, 0.15) is 53.6 Å². The summed E-state index contributed by atoms with van der Waals surface area (Å²) in [6.07, 6.45) is 3.53. The maximum absolute atomic E-state index is 14.1. The molecule has 2 saturated carbocycles. The van der Waals surface area contributed by atoms with Crippen LogP contribution < -0.4 is 9.47 Å². The molecule has 0 aromatic heterocycles. The molecule has 36 heavy (non-hydrogen) atoms. The number of benzene rings is 2. The van der Waals surface area contributed by atoms with E-state index in [0.29, 0.717) is 62.1 Å². The molecule has 3 heterocycles. The lowest BCUT2D eigenvalue weighted by molar-refractivity contribution is -0.292. The lowest BCUT2D eigenvalue weighted by Crippen LogP contribution is -2.80. The Kier molecular flexibility index (Phi) is 4.39. The van der Waals surface area contributed by atoms with Gasteiger partial charge in [-0.25, -0.2) is 0 Å². The highest BCUT2D eigenvalue weighted by molar-refractivity contribution is 6.06. The topological polar surface area (TPSA) is 77.5 Å². The molecule has 0 radical (unpaired) electrons. The summed E-state index contributed by atoms with van der Waals surface area (Å²) in [5, 5.41) is 12.6. The molecule has 2 saturated heterocycles. The standard InChI is InChI=1S/C29H31NO6/c31-23-20-8-9-21(33-17-19-4-2-1-3-5-19)24-22(20)27-12-13-30(16-18-6-7-18)25(23)28(27,32)10-11-29(26(27)36-24)34-14-15-35-29/h1-5,8-9,18,25-26,32H,6-7,10-17H2/t25-,26-,27+,28-/m1/s1. The van der Waals surface area contributed by atoms with Gasteiger partial charge in [-0.1, -0.05) is 30.3 Å². The maximum atomic E-state index is 14.1. The molecule has 8 rings (SSSR count). The Morgan fingerprint density at radius 1 is 1.03 bits per heavy atom. The van der Waals surface area contributed by atoms with E-state index < -0.39 is 28.9 Å². The van der Waals surface area contributed by atoms with Crippen molar-refractivity contribution in [3.8, 4) is 11.5 Å². The molecule has 7 nitrogen and oxygen atoms in total. The van der Waals surface area contributed by atoms with Crippen LogP contribution in [0.3, 0.4) is 0 Å². The van der Waals surface area contributed by atoms with E-state index >= 15 is 0 Å². The number of rotatable bonds is 5. The first kappa shape index (κ1) is 21.6. The van der Waals surface area contributed by atoms with Crippen molar-refractivity contribution >= 4 is 5.78 Å². The van der Waals surface area contributed by atoms with E-state index in [1.165, 1.54) is 12.8 Å². The van der Waals surface area contributed by atoms with Crippen molar-refractivity contribution in [1.29, 1.82) is 0 Å². The van der Waals surface area contributed by atoms with Crippen LogP contribution in [0.15, 0.2) is 42.5 Å². The normalized spacial score (nSPS) is 35.5. The Hall–Kier alpha value is -2.45. The Bertz CT molecular complexity index is 1240. The van der Waals surface area contributed by atoms with Crippen molar-refractivity contribution in [3.63, 3.8) is 0 Å². The van der Waals surface area contributed by atoms with Crippen LogP contribution in [0.2, 0.25) is 0 Å². The molecule has 4 fully saturated rings. The highest BCUT2D eigenvalue weighted by Crippen LogP contribution is 2.68. The third-order valence-corrected chi connectivity index (χ3v) is 9.61. The molecular weight excluding hydrogens is 458 g/mol. The fourth-order valence-corrected chi connectivity index (χ4v) is 7.88. The molecule has 1 N–H and O–H groups in total. The molecule has 2 aromatic carbocycles. The van der Waals surface area contributed by atoms with E-state index in [2.05, 4.69) is 4.90 Å². The van der Waals surface area contributed by atoms with Gasteiger partial charge in [0, 0.05) is 30.6 Å². The van der Waals surface area contributed by atoms with Gasteiger partial charge in [-0.15, -0.1) is 0 Å². The minimum atomic E-state index is -1.24. The zero-order chi connectivity index (χ0) is 24.1. The van der Waals surface area contributed by atoms with E-state index in [-0.39, 0.29) is 5.78 Å². The Labute approximate surface area is 210 Å². The van der Waals surface area contributed by atoms with Crippen molar-refractivity contribution in [1.82, 2.24) is 4.90 Å². The van der Waals surface area contributed by atoms with Gasteiger partial charge in [-0.2, -0.15) is 0 Å². The summed E-state index contributed by atoms with van der Waals surface area (Å²) in [6.45, 7) is 3.02. The van der Waals surface area contributed by atoms with E-state index in [9.17, 15) is 9.90 Å². The summed E-state index contributed by atoms with van der Waals surface area (Å²) in [5.41, 5.74) is 0.510. The minimum Gasteiger partial charge on any atom is -0.485 e. The van der Waals surface area contributed by atoms with Gasteiger partial charge in [-0.05, 0) is 49.3 Å². The van der Waals surface area contributed by atoms with Crippen LogP contribution in [0.4, 0.5) is 0 Å². The van der Waals surface area contributed by atoms with E-state index in [4.69, 9.17) is 18.9 Å². The number of fused-ring (bicyclic) bond motifs is 1. The molecule has 4 atom stereocenters. The quantitative estimate of drug-likeness (QED) is 0.691. The van der Waals surface area contributed by atoms with Crippen molar-refractivity contribution in [2.24, 2.45) is 5.92 Å². The van der Waals surface area contributed by atoms with Crippen molar-refractivity contribution in [2.45, 2.75) is 67.7 Å². The molecule has 188 valence electrons. The SMILES string of the molecule is O=C1c2ccc(OCc3ccccc3)c3c2[C@]24CCN(CC5CC5)[C@H]1[C@]2(O)CCC1(OCCO1)[C@@H]4O3. The summed E-state index contributed by atoms with van der Waals surface area (Å²) >= 11 is 0. The van der Waals surface area contributed by atoms with Crippen LogP contribution in [-0.2, 0) is 21.5 Å². The van der Waals surface area contributed by atoms with Gasteiger partial charge in [0.15, 0.2) is 23.4 Å². The zero-order valence-corrected chi connectivity index (χ0v) is 20.3. The third kappa shape index (κ3) is 2.64. The third-order valence-electron chi connectivity index (χ3n) is 9.61. The van der Waals surface area contributed by atoms with Gasteiger partial charge in [-0.3, -0.25) is 9.69 Å². The summed E-state index contributed by atoms with van der Waals surface area (Å²) in [7, 11) is 0. The van der Waals surface area contributed by atoms with Gasteiger partial charge in [0.1, 0.15) is 18.2 Å². The fourth-order valence-electron chi connectivity index (χ4n) is 7.88. The molecule has 0 unspecified atom stereocenters. The molecule has 6 aliphatic rings. The summed E-state index contributed by atoms with van der Waals surface area (Å²) in [6, 6.07) is 13.2. The maximum Gasteiger partial charge on any atom is 0.207 e. The molecule has 3 aliphatic carbocycles. The number of piperidine rings is 1. The van der Waals surface area contributed by atoms with E-state index in [1.54, 1.807) is 0 Å². The molecule has 0 amide bonds. The first-order valence-electron chi connectivity index (χ1n) is 13.4. The predicted molar refractivity (Wildman–Crippen MR) is 129 cm³/mol. The zero-order valence-electron chi connectivity index (χ0n) is 20.3. The number of ketones is 1. The lowest BCUT2D eigenvalue weighted by atomic mass is 9.47. The Morgan fingerprint density at radius 3 is 2.61 bits per heavy atom. The first-order chi connectivity index (χ1) is 17.6. The van der Waals surface area contributed by atoms with Gasteiger partial charge in [0.05, 0.1) is 18.6 Å². The number of hydrogen-bond acceptors (Lipinski definition) is 7. The first-order valence-corrected chi connectivity index (χ1v) is 13.4. The van der Waals surface area contributed by atoms with Crippen LogP contribution in [0, 0.1) is 5.92 Å². The highest BCUT2D eigenvalue weighted by Gasteiger charge is 2.79. The van der Waals surface area contributed by atoms with Crippen LogP contribution in [0.25, 0.3) is 0 Å². The van der Waals surface area contributed by atoms with Crippen LogP contribution >= 0.6 is 0 Å². The van der Waals surface area contributed by atoms with Crippen LogP contribution in [-0.4, -0.2) is 65.6 Å². The molecule has 7 heteroatoms. The second kappa shape index (κ2) is 7.32. The number of likely N-dealkylation sites (tertiary alicyclic amines) is 1. The van der Waals surface area contributed by atoms with Gasteiger partial charge in [0.2, 0.25) is 5.79 Å². The van der Waals surface area contributed by atoms with E-state index in [1.807, 2.05) is 42.5 Å². The second-order valence-electron chi connectivity index (χ2n) is 11.4. The van der Waals surface area contributed by atoms with Crippen molar-refractivity contribution in [2.75, 3.05) is 26.3 Å². The number of carbonyl (C=O) groups excluding carboxylic acids is 1. The summed E-state index contributed by atoms with van der Waals surface area (Å²) in [5.74, 6) is 0.905. The number of nitrogens with zero attached hydrogens (tertiary/aromatic N) is 1. The number of Topliss-reactive ketones (excluding diaryl/α,β-unsaturated/α-hetero) is 1. The highest BCUT2D eigenvalue weighted by atomic mass is 16.8. The van der Waals surface area contributed by atoms with Gasteiger partial charge >= 0.3 is 0 Å². The average molecular weight is 490 g/mol. The number of carbonyl (C=O) groups is 1. The fraction of sp³-hybridized carbons (Fsp3) is 0.552. The molecular formula is C29H31NO6. The number of ether oxygens (including phenoxy) is 4. The Morgan fingerprint density at radius 2 is 1.83 bits per heavy atom. The number of aliphatic hydroxyl groups is 1. The Balaban J connectivity index is 1.28. The van der Waals surface area contributed by atoms with Gasteiger partial charge in [0.25, 0.3) is 0 Å². The molecule has 2 aromatic rings. The summed E-state index contributed by atoms with van der Waals surface area (Å²) < 4.78 is 25.6. The molecule has 3 aliphatic heterocycles. The van der Waals surface area contributed by atoms with Gasteiger partial charge < -0.3 is 24.1 Å². The second-order valence-corrected chi connectivity index (χ2v) is 11.4. The monoisotopic (exact) mass is 489 g/mol. The van der Waals surface area contributed by atoms with Crippen molar-refractivity contribution in [3.05, 3.63) is 59.2 Å². The number of hydrogen-bond donors (Lipinski definition) is 1. The average Bonchev–Trinajstić information content (AvgIpc) is 3.45. The molecule has 2 bridgehead atoms. The smallest absolute Gasteiger partial charge is 0.207 e.